The molecular weight excluding hydrogens is 318 g/mol. The van der Waals surface area contributed by atoms with Crippen LogP contribution in [0.25, 0.3) is 10.9 Å². The van der Waals surface area contributed by atoms with Gasteiger partial charge in [-0.25, -0.2) is 0 Å². The number of carbonyl (C=O) groups excluding carboxylic acids is 1. The smallest absolute Gasteiger partial charge is 0.231 e. The fourth-order valence-electron chi connectivity index (χ4n) is 2.70. The number of likely N-dealkylation sites (N-methyl/N-ethyl adjacent to an activating group) is 1. The van der Waals surface area contributed by atoms with E-state index in [4.69, 9.17) is 4.52 Å². The number of nitrogens with zero attached hydrogens (tertiary/aromatic N) is 3. The summed E-state index contributed by atoms with van der Waals surface area (Å²) in [5, 5.41) is 7.78. The molecule has 0 aliphatic carbocycles. The zero-order valence-electron chi connectivity index (χ0n) is 14.8. The number of carbonyl (C=O) groups is 1. The molecule has 1 amide bonds. The van der Waals surface area contributed by atoms with Gasteiger partial charge in [0, 0.05) is 30.6 Å². The van der Waals surface area contributed by atoms with E-state index < -0.39 is 0 Å². The number of amides is 1. The Morgan fingerprint density at radius 1 is 1.36 bits per heavy atom. The van der Waals surface area contributed by atoms with Crippen molar-refractivity contribution in [2.45, 2.75) is 26.3 Å². The Balaban J connectivity index is 1.73. The first-order chi connectivity index (χ1) is 12.0. The second-order valence-electron chi connectivity index (χ2n) is 6.44. The van der Waals surface area contributed by atoms with E-state index >= 15 is 0 Å². The molecule has 0 spiro atoms. The second kappa shape index (κ2) is 7.48. The minimum Gasteiger partial charge on any atom is -0.361 e. The van der Waals surface area contributed by atoms with Crippen LogP contribution in [0.1, 0.15) is 29.8 Å². The Morgan fingerprint density at radius 2 is 2.20 bits per heavy atom. The molecule has 0 saturated heterocycles. The van der Waals surface area contributed by atoms with Gasteiger partial charge in [0.1, 0.15) is 0 Å². The quantitative estimate of drug-likeness (QED) is 0.685. The van der Waals surface area contributed by atoms with Crippen LogP contribution in [0.5, 0.6) is 0 Å². The Kier molecular flexibility index (Phi) is 5.14. The SMILES string of the molecule is CC(=O)NCc1noc(Cc2ccc3[nH]cc(CCN(C)C)c3c2)n1. The zero-order chi connectivity index (χ0) is 17.8. The van der Waals surface area contributed by atoms with Crippen molar-refractivity contribution in [1.29, 1.82) is 0 Å². The van der Waals surface area contributed by atoms with Crippen molar-refractivity contribution in [3.63, 3.8) is 0 Å². The summed E-state index contributed by atoms with van der Waals surface area (Å²) < 4.78 is 5.28. The molecule has 1 aromatic carbocycles. The van der Waals surface area contributed by atoms with Crippen molar-refractivity contribution >= 4 is 16.8 Å². The van der Waals surface area contributed by atoms with Gasteiger partial charge in [-0.1, -0.05) is 11.2 Å². The van der Waals surface area contributed by atoms with Crippen LogP contribution in [-0.4, -0.2) is 46.6 Å². The van der Waals surface area contributed by atoms with Crippen LogP contribution in [0.4, 0.5) is 0 Å². The second-order valence-corrected chi connectivity index (χ2v) is 6.44. The first-order valence-corrected chi connectivity index (χ1v) is 8.31. The number of fused-ring (bicyclic) bond motifs is 1. The van der Waals surface area contributed by atoms with E-state index in [1.807, 2.05) is 0 Å². The van der Waals surface area contributed by atoms with Gasteiger partial charge in [0.05, 0.1) is 13.0 Å². The number of benzene rings is 1. The van der Waals surface area contributed by atoms with Crippen LogP contribution in [0, 0.1) is 0 Å². The van der Waals surface area contributed by atoms with Gasteiger partial charge in [0.2, 0.25) is 11.8 Å². The number of hydrogen-bond donors (Lipinski definition) is 2. The summed E-state index contributed by atoms with van der Waals surface area (Å²) in [5.41, 5.74) is 3.56. The number of nitrogens with one attached hydrogen (secondary N) is 2. The maximum atomic E-state index is 10.9. The van der Waals surface area contributed by atoms with Crippen LogP contribution in [0.3, 0.4) is 0 Å². The van der Waals surface area contributed by atoms with Gasteiger partial charge in [-0.15, -0.1) is 0 Å². The van der Waals surface area contributed by atoms with E-state index in [9.17, 15) is 4.79 Å². The summed E-state index contributed by atoms with van der Waals surface area (Å²) in [6, 6.07) is 6.32. The van der Waals surface area contributed by atoms with Crippen molar-refractivity contribution in [1.82, 2.24) is 25.3 Å². The number of H-pyrrole nitrogens is 1. The molecule has 0 saturated carbocycles. The van der Waals surface area contributed by atoms with Crippen LogP contribution in [-0.2, 0) is 24.2 Å². The molecular formula is C18H23N5O2. The Morgan fingerprint density at radius 3 is 2.96 bits per heavy atom. The number of aromatic nitrogens is 3. The van der Waals surface area contributed by atoms with Crippen LogP contribution < -0.4 is 5.32 Å². The molecule has 2 heterocycles. The van der Waals surface area contributed by atoms with Crippen molar-refractivity contribution in [2.75, 3.05) is 20.6 Å². The lowest BCUT2D eigenvalue weighted by Gasteiger charge is -2.08. The molecule has 0 bridgehead atoms. The molecule has 0 fully saturated rings. The van der Waals surface area contributed by atoms with E-state index in [-0.39, 0.29) is 12.5 Å². The molecule has 3 aromatic rings. The van der Waals surface area contributed by atoms with Gasteiger partial charge in [0.25, 0.3) is 0 Å². The third kappa shape index (κ3) is 4.45. The molecule has 7 nitrogen and oxygen atoms in total. The number of aromatic amines is 1. The van der Waals surface area contributed by atoms with Crippen LogP contribution in [0.15, 0.2) is 28.9 Å². The minimum absolute atomic E-state index is 0.116. The average Bonchev–Trinajstić information content (AvgIpc) is 3.17. The number of rotatable bonds is 7. The van der Waals surface area contributed by atoms with Gasteiger partial charge >= 0.3 is 0 Å². The van der Waals surface area contributed by atoms with Gasteiger partial charge < -0.3 is 19.7 Å². The fourth-order valence-corrected chi connectivity index (χ4v) is 2.70. The summed E-state index contributed by atoms with van der Waals surface area (Å²) in [6.07, 6.45) is 3.65. The predicted molar refractivity (Wildman–Crippen MR) is 95.2 cm³/mol. The first kappa shape index (κ1) is 17.2. The highest BCUT2D eigenvalue weighted by Gasteiger charge is 2.10. The maximum Gasteiger partial charge on any atom is 0.231 e. The highest BCUT2D eigenvalue weighted by molar-refractivity contribution is 5.84. The van der Waals surface area contributed by atoms with Crippen molar-refractivity contribution < 1.29 is 9.32 Å². The lowest BCUT2D eigenvalue weighted by molar-refractivity contribution is -0.119. The number of hydrogen-bond acceptors (Lipinski definition) is 5. The average molecular weight is 341 g/mol. The van der Waals surface area contributed by atoms with E-state index in [0.717, 1.165) is 24.0 Å². The predicted octanol–water partition coefficient (Wildman–Crippen LogP) is 1.88. The third-order valence-electron chi connectivity index (χ3n) is 4.02. The van der Waals surface area contributed by atoms with Crippen molar-refractivity contribution in [3.05, 3.63) is 47.2 Å². The van der Waals surface area contributed by atoms with E-state index in [2.05, 4.69) is 63.8 Å². The maximum absolute atomic E-state index is 10.9. The normalized spacial score (nSPS) is 11.4. The highest BCUT2D eigenvalue weighted by atomic mass is 16.5. The zero-order valence-corrected chi connectivity index (χ0v) is 14.8. The fraction of sp³-hybridized carbons (Fsp3) is 0.389. The summed E-state index contributed by atoms with van der Waals surface area (Å²) >= 11 is 0. The summed E-state index contributed by atoms with van der Waals surface area (Å²) in [5.74, 6) is 0.916. The highest BCUT2D eigenvalue weighted by Crippen LogP contribution is 2.22. The Hall–Kier alpha value is -2.67. The first-order valence-electron chi connectivity index (χ1n) is 8.31. The topological polar surface area (TPSA) is 87.0 Å². The van der Waals surface area contributed by atoms with Crippen LogP contribution >= 0.6 is 0 Å². The van der Waals surface area contributed by atoms with Gasteiger partial charge in [0.15, 0.2) is 5.82 Å². The molecule has 25 heavy (non-hydrogen) atoms. The molecule has 132 valence electrons. The van der Waals surface area contributed by atoms with Crippen LogP contribution in [0.2, 0.25) is 0 Å². The minimum atomic E-state index is -0.116. The monoisotopic (exact) mass is 341 g/mol. The molecule has 7 heteroatoms. The van der Waals surface area contributed by atoms with E-state index in [1.54, 1.807) is 0 Å². The lowest BCUT2D eigenvalue weighted by atomic mass is 10.1. The summed E-state index contributed by atoms with van der Waals surface area (Å²) in [7, 11) is 4.16. The molecule has 0 unspecified atom stereocenters. The summed E-state index contributed by atoms with van der Waals surface area (Å²) in [4.78, 5) is 20.8. The van der Waals surface area contributed by atoms with Gasteiger partial charge in [-0.2, -0.15) is 4.98 Å². The molecule has 2 N–H and O–H groups in total. The van der Waals surface area contributed by atoms with Crippen molar-refractivity contribution in [2.24, 2.45) is 0 Å². The molecule has 0 atom stereocenters. The third-order valence-corrected chi connectivity index (χ3v) is 4.02. The Labute approximate surface area is 146 Å². The Bertz CT molecular complexity index is 865. The molecule has 0 aliphatic heterocycles. The molecule has 0 aliphatic rings. The van der Waals surface area contributed by atoms with E-state index in [0.29, 0.717) is 18.1 Å². The molecule has 2 aromatic heterocycles. The standard InChI is InChI=1S/C18H23N5O2/c1-12(24)19-11-17-21-18(25-22-17)9-13-4-5-16-15(8-13)14(10-20-16)6-7-23(2)3/h4-5,8,10,20H,6-7,9,11H2,1-3H3,(H,19,24). The summed E-state index contributed by atoms with van der Waals surface area (Å²) in [6.45, 7) is 2.75. The molecule has 3 rings (SSSR count). The van der Waals surface area contributed by atoms with Crippen molar-refractivity contribution in [3.8, 4) is 0 Å². The van der Waals surface area contributed by atoms with Gasteiger partial charge in [-0.3, -0.25) is 4.79 Å². The lowest BCUT2D eigenvalue weighted by Crippen LogP contribution is -2.19. The van der Waals surface area contributed by atoms with Gasteiger partial charge in [-0.05, 0) is 43.8 Å². The molecule has 0 radical (unpaired) electrons. The van der Waals surface area contributed by atoms with E-state index in [1.165, 1.54) is 17.9 Å². The largest absolute Gasteiger partial charge is 0.361 e.